The van der Waals surface area contributed by atoms with Gasteiger partial charge in [0.1, 0.15) is 0 Å². The molecular weight excluding hydrogens is 420 g/mol. The highest BCUT2D eigenvalue weighted by Gasteiger charge is 2.25. The van der Waals surface area contributed by atoms with Crippen LogP contribution in [0.1, 0.15) is 24.2 Å². The summed E-state index contributed by atoms with van der Waals surface area (Å²) in [5.74, 6) is -0.130. The SMILES string of the molecule is CC(C)C(=O)N1CCN(c2c(Cl)cccc2NC(=S)NC(=O)c2ccccc2)CC1. The summed E-state index contributed by atoms with van der Waals surface area (Å²) in [7, 11) is 0. The molecule has 0 bridgehead atoms. The van der Waals surface area contributed by atoms with Crippen LogP contribution < -0.4 is 15.5 Å². The Balaban J connectivity index is 1.69. The van der Waals surface area contributed by atoms with E-state index >= 15 is 0 Å². The third kappa shape index (κ3) is 5.29. The van der Waals surface area contributed by atoms with Gasteiger partial charge in [-0.15, -0.1) is 0 Å². The van der Waals surface area contributed by atoms with Gasteiger partial charge in [0.25, 0.3) is 5.91 Å². The van der Waals surface area contributed by atoms with Crippen molar-refractivity contribution in [2.45, 2.75) is 13.8 Å². The molecule has 0 atom stereocenters. The summed E-state index contributed by atoms with van der Waals surface area (Å²) < 4.78 is 0. The number of halogens is 1. The summed E-state index contributed by atoms with van der Waals surface area (Å²) >= 11 is 11.8. The number of carbonyl (C=O) groups excluding carboxylic acids is 2. The van der Waals surface area contributed by atoms with Gasteiger partial charge in [0.15, 0.2) is 5.11 Å². The number of hydrogen-bond donors (Lipinski definition) is 2. The van der Waals surface area contributed by atoms with Crippen LogP contribution in [0.15, 0.2) is 48.5 Å². The average molecular weight is 445 g/mol. The van der Waals surface area contributed by atoms with E-state index in [-0.39, 0.29) is 22.8 Å². The van der Waals surface area contributed by atoms with Gasteiger partial charge in [0.2, 0.25) is 5.91 Å². The summed E-state index contributed by atoms with van der Waals surface area (Å²) in [5.41, 5.74) is 2.05. The second-order valence-electron chi connectivity index (χ2n) is 7.38. The largest absolute Gasteiger partial charge is 0.365 e. The number of nitrogens with one attached hydrogen (secondary N) is 2. The van der Waals surface area contributed by atoms with E-state index in [0.29, 0.717) is 42.5 Å². The molecule has 1 aliphatic rings. The zero-order valence-corrected chi connectivity index (χ0v) is 18.6. The van der Waals surface area contributed by atoms with E-state index in [9.17, 15) is 9.59 Å². The van der Waals surface area contributed by atoms with Crippen LogP contribution in [-0.2, 0) is 4.79 Å². The molecule has 1 aliphatic heterocycles. The van der Waals surface area contributed by atoms with Gasteiger partial charge in [-0.2, -0.15) is 0 Å². The molecule has 158 valence electrons. The van der Waals surface area contributed by atoms with E-state index in [1.165, 1.54) is 0 Å². The molecule has 6 nitrogen and oxygen atoms in total. The molecule has 2 N–H and O–H groups in total. The minimum atomic E-state index is -0.280. The molecule has 3 rings (SSSR count). The molecule has 2 aromatic carbocycles. The number of nitrogens with zero attached hydrogens (tertiary/aromatic N) is 2. The molecular formula is C22H25ClN4O2S. The van der Waals surface area contributed by atoms with Crippen molar-refractivity contribution in [3.8, 4) is 0 Å². The first-order chi connectivity index (χ1) is 14.4. The van der Waals surface area contributed by atoms with Crippen LogP contribution >= 0.6 is 23.8 Å². The summed E-state index contributed by atoms with van der Waals surface area (Å²) in [5, 5.41) is 6.57. The van der Waals surface area contributed by atoms with Crippen LogP contribution in [0.4, 0.5) is 11.4 Å². The molecule has 0 saturated carbocycles. The van der Waals surface area contributed by atoms with Crippen molar-refractivity contribution < 1.29 is 9.59 Å². The Bertz CT molecular complexity index is 928. The van der Waals surface area contributed by atoms with Crippen LogP contribution in [0.5, 0.6) is 0 Å². The van der Waals surface area contributed by atoms with Gasteiger partial charge in [-0.1, -0.05) is 49.7 Å². The van der Waals surface area contributed by atoms with Gasteiger partial charge in [-0.3, -0.25) is 14.9 Å². The Morgan fingerprint density at radius 2 is 1.67 bits per heavy atom. The molecule has 0 aliphatic carbocycles. The smallest absolute Gasteiger partial charge is 0.257 e. The molecule has 1 saturated heterocycles. The Morgan fingerprint density at radius 3 is 2.30 bits per heavy atom. The van der Waals surface area contributed by atoms with Crippen molar-refractivity contribution in [1.82, 2.24) is 10.2 Å². The monoisotopic (exact) mass is 444 g/mol. The number of benzene rings is 2. The quantitative estimate of drug-likeness (QED) is 0.703. The molecule has 2 amide bonds. The first-order valence-corrected chi connectivity index (χ1v) is 10.6. The fourth-order valence-electron chi connectivity index (χ4n) is 3.37. The zero-order chi connectivity index (χ0) is 21.7. The van der Waals surface area contributed by atoms with Crippen LogP contribution in [0, 0.1) is 5.92 Å². The third-order valence-corrected chi connectivity index (χ3v) is 5.41. The van der Waals surface area contributed by atoms with Gasteiger partial charge >= 0.3 is 0 Å². The van der Waals surface area contributed by atoms with Crippen molar-refractivity contribution in [3.63, 3.8) is 0 Å². The number of hydrogen-bond acceptors (Lipinski definition) is 4. The van der Waals surface area contributed by atoms with Crippen LogP contribution in [-0.4, -0.2) is 48.0 Å². The maximum atomic E-state index is 12.3. The number of piperazine rings is 1. The lowest BCUT2D eigenvalue weighted by Gasteiger charge is -2.38. The molecule has 0 unspecified atom stereocenters. The lowest BCUT2D eigenvalue weighted by molar-refractivity contribution is -0.134. The Hall–Kier alpha value is -2.64. The Morgan fingerprint density at radius 1 is 1.00 bits per heavy atom. The average Bonchev–Trinajstić information content (AvgIpc) is 2.74. The molecule has 2 aromatic rings. The number of thiocarbonyl (C=S) groups is 1. The van der Waals surface area contributed by atoms with Crippen LogP contribution in [0.25, 0.3) is 0 Å². The minimum Gasteiger partial charge on any atom is -0.365 e. The van der Waals surface area contributed by atoms with Gasteiger partial charge < -0.3 is 15.1 Å². The topological polar surface area (TPSA) is 64.7 Å². The van der Waals surface area contributed by atoms with E-state index in [4.69, 9.17) is 23.8 Å². The molecule has 0 aromatic heterocycles. The maximum absolute atomic E-state index is 12.3. The Kier molecular flexibility index (Phi) is 7.29. The van der Waals surface area contributed by atoms with Crippen molar-refractivity contribution in [3.05, 3.63) is 59.1 Å². The summed E-state index contributed by atoms with van der Waals surface area (Å²) in [6, 6.07) is 14.4. The molecule has 1 fully saturated rings. The summed E-state index contributed by atoms with van der Waals surface area (Å²) in [6.07, 6.45) is 0. The van der Waals surface area contributed by atoms with Gasteiger partial charge in [0.05, 0.1) is 16.4 Å². The maximum Gasteiger partial charge on any atom is 0.257 e. The molecule has 8 heteroatoms. The highest BCUT2D eigenvalue weighted by Crippen LogP contribution is 2.34. The molecule has 0 spiro atoms. The second-order valence-corrected chi connectivity index (χ2v) is 8.19. The lowest BCUT2D eigenvalue weighted by atomic mass is 10.1. The van der Waals surface area contributed by atoms with Gasteiger partial charge in [-0.25, -0.2) is 0 Å². The normalized spacial score (nSPS) is 13.9. The second kappa shape index (κ2) is 9.91. The van der Waals surface area contributed by atoms with Gasteiger partial charge in [0, 0.05) is 37.7 Å². The van der Waals surface area contributed by atoms with Crippen molar-refractivity contribution in [2.75, 3.05) is 36.4 Å². The molecule has 1 heterocycles. The predicted octanol–water partition coefficient (Wildman–Crippen LogP) is 3.77. The minimum absolute atomic E-state index is 0.0142. The van der Waals surface area contributed by atoms with E-state index < -0.39 is 0 Å². The van der Waals surface area contributed by atoms with E-state index in [1.807, 2.05) is 43.0 Å². The molecule has 30 heavy (non-hydrogen) atoms. The first-order valence-electron chi connectivity index (χ1n) is 9.86. The number of carbonyl (C=O) groups is 2. The van der Waals surface area contributed by atoms with Crippen LogP contribution in [0.2, 0.25) is 5.02 Å². The summed E-state index contributed by atoms with van der Waals surface area (Å²) in [4.78, 5) is 28.6. The van der Waals surface area contributed by atoms with Crippen molar-refractivity contribution in [1.29, 1.82) is 0 Å². The highest BCUT2D eigenvalue weighted by atomic mass is 35.5. The van der Waals surface area contributed by atoms with E-state index in [1.54, 1.807) is 24.3 Å². The van der Waals surface area contributed by atoms with E-state index in [0.717, 1.165) is 5.69 Å². The van der Waals surface area contributed by atoms with Crippen molar-refractivity contribution >= 4 is 52.1 Å². The van der Waals surface area contributed by atoms with Crippen LogP contribution in [0.3, 0.4) is 0 Å². The third-order valence-electron chi connectivity index (χ3n) is 4.90. The molecule has 0 radical (unpaired) electrons. The first kappa shape index (κ1) is 22.1. The zero-order valence-electron chi connectivity index (χ0n) is 17.0. The Labute approximate surface area is 187 Å². The number of anilines is 2. The highest BCUT2D eigenvalue weighted by molar-refractivity contribution is 7.80. The fraction of sp³-hybridized carbons (Fsp3) is 0.318. The lowest BCUT2D eigenvalue weighted by Crippen LogP contribution is -2.50. The van der Waals surface area contributed by atoms with E-state index in [2.05, 4.69) is 15.5 Å². The standard InChI is InChI=1S/C22H25ClN4O2S/c1-15(2)21(29)27-13-11-26(12-14-27)19-17(23)9-6-10-18(19)24-22(30)25-20(28)16-7-4-3-5-8-16/h3-10,15H,11-14H2,1-2H3,(H2,24,25,28,30). The van der Waals surface area contributed by atoms with Gasteiger partial charge in [-0.05, 0) is 36.5 Å². The number of amides is 2. The number of rotatable bonds is 4. The predicted molar refractivity (Wildman–Crippen MR) is 125 cm³/mol. The summed E-state index contributed by atoms with van der Waals surface area (Å²) in [6.45, 7) is 6.43. The fourth-order valence-corrected chi connectivity index (χ4v) is 3.87. The van der Waals surface area contributed by atoms with Crippen molar-refractivity contribution in [2.24, 2.45) is 5.92 Å². The number of para-hydroxylation sites is 1.